The molecule has 2 N–H and O–H groups in total. The van der Waals surface area contributed by atoms with Crippen LogP contribution in [0.4, 0.5) is 0 Å². The summed E-state index contributed by atoms with van der Waals surface area (Å²) < 4.78 is 27.2. The molecule has 1 aromatic carbocycles. The van der Waals surface area contributed by atoms with E-state index in [0.717, 1.165) is 6.54 Å². The summed E-state index contributed by atoms with van der Waals surface area (Å²) in [5, 5.41) is 3.34. The van der Waals surface area contributed by atoms with Gasteiger partial charge in [0.2, 0.25) is 10.0 Å². The van der Waals surface area contributed by atoms with Gasteiger partial charge in [-0.05, 0) is 58.9 Å². The lowest BCUT2D eigenvalue weighted by atomic mass is 10.1. The second-order valence-corrected chi connectivity index (χ2v) is 9.04. The van der Waals surface area contributed by atoms with Crippen molar-refractivity contribution in [1.29, 1.82) is 0 Å². The van der Waals surface area contributed by atoms with Gasteiger partial charge in [-0.2, -0.15) is 0 Å². The molecule has 0 aromatic heterocycles. The summed E-state index contributed by atoms with van der Waals surface area (Å²) in [6, 6.07) is 6.46. The molecular weight excluding hydrogens is 326 g/mol. The number of amides is 1. The van der Waals surface area contributed by atoms with Crippen LogP contribution >= 0.6 is 0 Å². The molecule has 1 heterocycles. The van der Waals surface area contributed by atoms with E-state index >= 15 is 0 Å². The van der Waals surface area contributed by atoms with Crippen LogP contribution in [0.25, 0.3) is 0 Å². The first kappa shape index (κ1) is 18.9. The van der Waals surface area contributed by atoms with Crippen LogP contribution in [-0.2, 0) is 10.0 Å². The van der Waals surface area contributed by atoms with Crippen LogP contribution in [0, 0.1) is 0 Å². The van der Waals surface area contributed by atoms with Gasteiger partial charge in [-0.25, -0.2) is 13.1 Å². The molecule has 0 spiro atoms. The molecule has 7 heteroatoms. The summed E-state index contributed by atoms with van der Waals surface area (Å²) in [4.78, 5) is 14.7. The third kappa shape index (κ3) is 4.34. The summed E-state index contributed by atoms with van der Waals surface area (Å²) >= 11 is 0. The minimum Gasteiger partial charge on any atom is -0.333 e. The second-order valence-electron chi connectivity index (χ2n) is 7.36. The maximum absolute atomic E-state index is 12.7. The fraction of sp³-hybridized carbons (Fsp3) is 0.588. The van der Waals surface area contributed by atoms with E-state index in [1.807, 2.05) is 11.8 Å². The fourth-order valence-corrected chi connectivity index (χ4v) is 4.17. The molecule has 0 saturated carbocycles. The lowest BCUT2D eigenvalue weighted by Crippen LogP contribution is -2.57. The summed E-state index contributed by atoms with van der Waals surface area (Å²) in [5.74, 6) is -0.0661. The van der Waals surface area contributed by atoms with E-state index in [2.05, 4.69) is 17.0 Å². The quantitative estimate of drug-likeness (QED) is 0.865. The van der Waals surface area contributed by atoms with Crippen molar-refractivity contribution < 1.29 is 13.2 Å². The third-order valence-electron chi connectivity index (χ3n) is 4.15. The average molecular weight is 353 g/mol. The van der Waals surface area contributed by atoms with Crippen LogP contribution in [0.3, 0.4) is 0 Å². The number of benzene rings is 1. The summed E-state index contributed by atoms with van der Waals surface area (Å²) in [5.41, 5.74) is -0.0506. The number of sulfonamides is 1. The predicted molar refractivity (Wildman–Crippen MR) is 94.5 cm³/mol. The average Bonchev–Trinajstić information content (AvgIpc) is 2.47. The van der Waals surface area contributed by atoms with Gasteiger partial charge in [0.15, 0.2) is 0 Å². The van der Waals surface area contributed by atoms with E-state index < -0.39 is 15.6 Å². The van der Waals surface area contributed by atoms with E-state index in [9.17, 15) is 13.2 Å². The molecule has 1 fully saturated rings. The standard InChI is InChI=1S/C17H27N3O3S/c1-12-13(2)20(11-10-18-12)16(21)14-6-8-15(9-7-14)24(22,23)19-17(3,4)5/h6-9,12-13,18-19H,10-11H2,1-5H3. The molecule has 2 atom stereocenters. The van der Waals surface area contributed by atoms with Gasteiger partial charge in [0, 0.05) is 36.3 Å². The van der Waals surface area contributed by atoms with Crippen molar-refractivity contribution in [2.24, 2.45) is 0 Å². The van der Waals surface area contributed by atoms with E-state index in [0.29, 0.717) is 12.1 Å². The van der Waals surface area contributed by atoms with Crippen LogP contribution in [0.5, 0.6) is 0 Å². The Labute approximate surface area is 144 Å². The molecule has 2 rings (SSSR count). The van der Waals surface area contributed by atoms with Gasteiger partial charge in [-0.1, -0.05) is 0 Å². The monoisotopic (exact) mass is 353 g/mol. The molecule has 0 radical (unpaired) electrons. The number of nitrogens with one attached hydrogen (secondary N) is 2. The van der Waals surface area contributed by atoms with Crippen LogP contribution in [0.2, 0.25) is 0 Å². The fourth-order valence-electron chi connectivity index (χ4n) is 2.75. The smallest absolute Gasteiger partial charge is 0.254 e. The van der Waals surface area contributed by atoms with Gasteiger partial charge in [0.25, 0.3) is 5.91 Å². The Morgan fingerprint density at radius 1 is 1.21 bits per heavy atom. The number of hydrogen-bond donors (Lipinski definition) is 2. The first-order valence-corrected chi connectivity index (χ1v) is 9.68. The molecule has 1 aliphatic rings. The molecule has 1 saturated heterocycles. The number of carbonyl (C=O) groups is 1. The van der Waals surface area contributed by atoms with Crippen molar-refractivity contribution in [3.05, 3.63) is 29.8 Å². The van der Waals surface area contributed by atoms with Gasteiger partial charge >= 0.3 is 0 Å². The van der Waals surface area contributed by atoms with E-state index in [-0.39, 0.29) is 22.9 Å². The molecule has 2 unspecified atom stereocenters. The maximum Gasteiger partial charge on any atom is 0.254 e. The van der Waals surface area contributed by atoms with Crippen molar-refractivity contribution in [3.8, 4) is 0 Å². The number of rotatable bonds is 3. The lowest BCUT2D eigenvalue weighted by Gasteiger charge is -2.38. The number of carbonyl (C=O) groups excluding carboxylic acids is 1. The molecule has 24 heavy (non-hydrogen) atoms. The summed E-state index contributed by atoms with van der Waals surface area (Å²) in [7, 11) is -3.59. The minimum absolute atomic E-state index is 0.0661. The highest BCUT2D eigenvalue weighted by molar-refractivity contribution is 7.89. The zero-order valence-electron chi connectivity index (χ0n) is 15.0. The van der Waals surface area contributed by atoms with Crippen LogP contribution in [0.15, 0.2) is 29.2 Å². The molecule has 6 nitrogen and oxygen atoms in total. The Morgan fingerprint density at radius 2 is 1.79 bits per heavy atom. The Morgan fingerprint density at radius 3 is 2.33 bits per heavy atom. The van der Waals surface area contributed by atoms with Crippen LogP contribution in [-0.4, -0.2) is 49.9 Å². The molecule has 0 aliphatic carbocycles. The van der Waals surface area contributed by atoms with Gasteiger partial charge < -0.3 is 10.2 Å². The van der Waals surface area contributed by atoms with Crippen molar-refractivity contribution in [3.63, 3.8) is 0 Å². The summed E-state index contributed by atoms with van der Waals surface area (Å²) in [6.45, 7) is 10.8. The Balaban J connectivity index is 2.19. The maximum atomic E-state index is 12.7. The van der Waals surface area contributed by atoms with Crippen LogP contribution < -0.4 is 10.0 Å². The third-order valence-corrected chi connectivity index (χ3v) is 5.92. The highest BCUT2D eigenvalue weighted by Gasteiger charge is 2.29. The van der Waals surface area contributed by atoms with Gasteiger partial charge in [-0.3, -0.25) is 4.79 Å². The number of nitrogens with zero attached hydrogens (tertiary/aromatic N) is 1. The minimum atomic E-state index is -3.59. The zero-order valence-corrected chi connectivity index (χ0v) is 15.8. The van der Waals surface area contributed by atoms with Crippen LogP contribution in [0.1, 0.15) is 45.0 Å². The molecular formula is C17H27N3O3S. The van der Waals surface area contributed by atoms with E-state index in [1.165, 1.54) is 12.1 Å². The molecule has 0 bridgehead atoms. The molecule has 1 aliphatic heterocycles. The molecule has 1 amide bonds. The van der Waals surface area contributed by atoms with Gasteiger partial charge in [0.05, 0.1) is 4.90 Å². The van der Waals surface area contributed by atoms with Gasteiger partial charge in [0.1, 0.15) is 0 Å². The Kier molecular flexibility index (Phi) is 5.37. The lowest BCUT2D eigenvalue weighted by molar-refractivity contribution is 0.0603. The normalized spacial score (nSPS) is 22.5. The molecule has 1 aromatic rings. The predicted octanol–water partition coefficient (Wildman–Crippen LogP) is 1.59. The van der Waals surface area contributed by atoms with Crippen molar-refractivity contribution >= 4 is 15.9 Å². The number of hydrogen-bond acceptors (Lipinski definition) is 4. The Bertz CT molecular complexity index is 693. The summed E-state index contributed by atoms with van der Waals surface area (Å²) in [6.07, 6.45) is 0. The second kappa shape index (κ2) is 6.82. The highest BCUT2D eigenvalue weighted by Crippen LogP contribution is 2.17. The zero-order chi connectivity index (χ0) is 18.1. The van der Waals surface area contributed by atoms with E-state index in [1.54, 1.807) is 32.9 Å². The largest absolute Gasteiger partial charge is 0.333 e. The molecule has 134 valence electrons. The van der Waals surface area contributed by atoms with Crippen molar-refractivity contribution in [2.75, 3.05) is 13.1 Å². The van der Waals surface area contributed by atoms with Crippen molar-refractivity contribution in [2.45, 2.75) is 57.1 Å². The number of piperazine rings is 1. The van der Waals surface area contributed by atoms with Crippen molar-refractivity contribution in [1.82, 2.24) is 14.9 Å². The highest BCUT2D eigenvalue weighted by atomic mass is 32.2. The topological polar surface area (TPSA) is 78.5 Å². The first-order valence-electron chi connectivity index (χ1n) is 8.20. The van der Waals surface area contributed by atoms with E-state index in [4.69, 9.17) is 0 Å². The Hall–Kier alpha value is -1.44. The SMILES string of the molecule is CC1NCCN(C(=O)c2ccc(S(=O)(=O)NC(C)(C)C)cc2)C1C. The van der Waals surface area contributed by atoms with Gasteiger partial charge in [-0.15, -0.1) is 0 Å². The first-order chi connectivity index (χ1) is 11.0.